The molecule has 0 unspecified atom stereocenters. The third-order valence-electron chi connectivity index (χ3n) is 3.28. The highest BCUT2D eigenvalue weighted by molar-refractivity contribution is 6.00. The van der Waals surface area contributed by atoms with Crippen LogP contribution in [0.25, 0.3) is 0 Å². The second-order valence-electron chi connectivity index (χ2n) is 5.45. The molecule has 0 aliphatic carbocycles. The largest absolute Gasteiger partial charge is 0.368 e. The zero-order chi connectivity index (χ0) is 15.3. The molecule has 0 spiro atoms. The first-order valence-corrected chi connectivity index (χ1v) is 7.05. The average Bonchev–Trinajstić information content (AvgIpc) is 2.39. The number of amides is 2. The number of rotatable bonds is 6. The van der Waals surface area contributed by atoms with E-state index in [0.717, 1.165) is 11.3 Å². The number of benzene rings is 1. The van der Waals surface area contributed by atoms with Crippen molar-refractivity contribution in [3.05, 3.63) is 29.8 Å². The van der Waals surface area contributed by atoms with E-state index in [4.69, 9.17) is 5.73 Å². The number of nitrogens with two attached hydrogens (primary N) is 1. The molecule has 2 N–H and O–H groups in total. The van der Waals surface area contributed by atoms with Gasteiger partial charge in [-0.15, -0.1) is 0 Å². The molecule has 0 saturated carbocycles. The molecule has 4 heteroatoms. The number of carbonyl (C=O) groups excluding carboxylic acids is 2. The maximum Gasteiger partial charge on any atom is 0.240 e. The molecule has 2 amide bonds. The third kappa shape index (κ3) is 3.83. The lowest BCUT2D eigenvalue weighted by molar-refractivity contribution is -0.124. The summed E-state index contributed by atoms with van der Waals surface area (Å²) in [4.78, 5) is 25.7. The summed E-state index contributed by atoms with van der Waals surface area (Å²) in [6.07, 6.45) is 0.908. The van der Waals surface area contributed by atoms with Crippen LogP contribution in [-0.4, -0.2) is 17.9 Å². The number of hydrogen-bond acceptors (Lipinski definition) is 2. The van der Waals surface area contributed by atoms with E-state index in [2.05, 4.69) is 0 Å². The predicted octanol–water partition coefficient (Wildman–Crippen LogP) is 2.64. The molecule has 20 heavy (non-hydrogen) atoms. The van der Waals surface area contributed by atoms with Crippen molar-refractivity contribution < 1.29 is 9.59 Å². The first-order chi connectivity index (χ1) is 9.38. The van der Waals surface area contributed by atoms with Gasteiger partial charge >= 0.3 is 0 Å². The Kier molecular flexibility index (Phi) is 5.74. The number of nitrogens with zero attached hydrogens (tertiary/aromatic N) is 1. The number of hydrogen-bond donors (Lipinski definition) is 1. The SMILES string of the molecule is CCC(=O)N(c1ccccc1C)[C@@H](CC(C)C)C(N)=O. The van der Waals surface area contributed by atoms with Crippen LogP contribution in [0.3, 0.4) is 0 Å². The summed E-state index contributed by atoms with van der Waals surface area (Å²) in [6, 6.07) is 6.97. The molecule has 0 aliphatic rings. The number of para-hydroxylation sites is 1. The lowest BCUT2D eigenvalue weighted by atomic mass is 10.00. The Morgan fingerprint density at radius 2 is 1.85 bits per heavy atom. The van der Waals surface area contributed by atoms with E-state index in [1.165, 1.54) is 0 Å². The van der Waals surface area contributed by atoms with Crippen molar-refractivity contribution in [3.63, 3.8) is 0 Å². The van der Waals surface area contributed by atoms with Crippen molar-refractivity contribution in [2.24, 2.45) is 11.7 Å². The maximum absolute atomic E-state index is 12.3. The highest BCUT2D eigenvalue weighted by Crippen LogP contribution is 2.25. The van der Waals surface area contributed by atoms with E-state index in [1.807, 2.05) is 45.0 Å². The monoisotopic (exact) mass is 276 g/mol. The maximum atomic E-state index is 12.3. The van der Waals surface area contributed by atoms with Gasteiger partial charge in [-0.3, -0.25) is 14.5 Å². The molecule has 0 saturated heterocycles. The van der Waals surface area contributed by atoms with Crippen molar-refractivity contribution in [1.82, 2.24) is 0 Å². The summed E-state index contributed by atoms with van der Waals surface area (Å²) in [6.45, 7) is 7.75. The van der Waals surface area contributed by atoms with Crippen LogP contribution in [-0.2, 0) is 9.59 Å². The van der Waals surface area contributed by atoms with Crippen LogP contribution in [0.1, 0.15) is 39.2 Å². The van der Waals surface area contributed by atoms with Crippen molar-refractivity contribution in [1.29, 1.82) is 0 Å². The predicted molar refractivity (Wildman–Crippen MR) is 81.4 cm³/mol. The Morgan fingerprint density at radius 3 is 2.30 bits per heavy atom. The second kappa shape index (κ2) is 7.08. The standard InChI is InChI=1S/C16H24N2O2/c1-5-15(19)18(13-9-7-6-8-12(13)4)14(16(17)20)10-11(2)3/h6-9,11,14H,5,10H2,1-4H3,(H2,17,20)/t14-/m0/s1. The Balaban J connectivity index is 3.27. The Hall–Kier alpha value is -1.84. The van der Waals surface area contributed by atoms with Crippen LogP contribution in [0.2, 0.25) is 0 Å². The fourth-order valence-electron chi connectivity index (χ4n) is 2.28. The number of primary amides is 1. The van der Waals surface area contributed by atoms with Gasteiger partial charge in [0.25, 0.3) is 0 Å². The number of anilines is 1. The summed E-state index contributed by atoms with van der Waals surface area (Å²) in [7, 11) is 0. The first-order valence-electron chi connectivity index (χ1n) is 7.05. The topological polar surface area (TPSA) is 63.4 Å². The molecule has 1 aromatic carbocycles. The van der Waals surface area contributed by atoms with Crippen molar-refractivity contribution in [2.45, 2.75) is 46.6 Å². The summed E-state index contributed by atoms with van der Waals surface area (Å²) in [5.74, 6) is -0.254. The molecule has 0 bridgehead atoms. The van der Waals surface area contributed by atoms with Crippen molar-refractivity contribution in [3.8, 4) is 0 Å². The Bertz CT molecular complexity index is 483. The Morgan fingerprint density at radius 1 is 1.25 bits per heavy atom. The van der Waals surface area contributed by atoms with Gasteiger partial charge in [-0.25, -0.2) is 0 Å². The van der Waals surface area contributed by atoms with E-state index in [-0.39, 0.29) is 11.8 Å². The van der Waals surface area contributed by atoms with Crippen LogP contribution >= 0.6 is 0 Å². The molecule has 1 aromatic rings. The van der Waals surface area contributed by atoms with Crippen LogP contribution in [0.5, 0.6) is 0 Å². The number of carbonyl (C=O) groups is 2. The summed E-state index contributed by atoms with van der Waals surface area (Å²) in [5, 5.41) is 0. The van der Waals surface area contributed by atoms with Gasteiger partial charge in [0.05, 0.1) is 0 Å². The molecule has 0 aromatic heterocycles. The van der Waals surface area contributed by atoms with Crippen LogP contribution in [0.4, 0.5) is 5.69 Å². The highest BCUT2D eigenvalue weighted by atomic mass is 16.2. The normalized spacial score (nSPS) is 12.2. The van der Waals surface area contributed by atoms with Gasteiger partial charge in [-0.2, -0.15) is 0 Å². The van der Waals surface area contributed by atoms with Gasteiger partial charge in [0, 0.05) is 12.1 Å². The van der Waals surface area contributed by atoms with Gasteiger partial charge in [-0.05, 0) is 30.9 Å². The molecule has 0 heterocycles. The highest BCUT2D eigenvalue weighted by Gasteiger charge is 2.30. The number of aryl methyl sites for hydroxylation is 1. The van der Waals surface area contributed by atoms with Gasteiger partial charge in [0.1, 0.15) is 6.04 Å². The average molecular weight is 276 g/mol. The molecule has 4 nitrogen and oxygen atoms in total. The summed E-state index contributed by atoms with van der Waals surface area (Å²) < 4.78 is 0. The minimum Gasteiger partial charge on any atom is -0.368 e. The minimum absolute atomic E-state index is 0.0799. The van der Waals surface area contributed by atoms with E-state index in [1.54, 1.807) is 11.8 Å². The zero-order valence-electron chi connectivity index (χ0n) is 12.7. The van der Waals surface area contributed by atoms with Gasteiger partial charge in [-0.1, -0.05) is 39.0 Å². The lowest BCUT2D eigenvalue weighted by Gasteiger charge is -2.31. The molecular weight excluding hydrogens is 252 g/mol. The summed E-state index contributed by atoms with van der Waals surface area (Å²) >= 11 is 0. The van der Waals surface area contributed by atoms with Crippen LogP contribution in [0.15, 0.2) is 24.3 Å². The molecule has 0 radical (unpaired) electrons. The fraction of sp³-hybridized carbons (Fsp3) is 0.500. The van der Waals surface area contributed by atoms with Crippen LogP contribution < -0.4 is 10.6 Å². The van der Waals surface area contributed by atoms with Gasteiger partial charge in [0.15, 0.2) is 0 Å². The molecule has 110 valence electrons. The Labute approximate surface area is 121 Å². The minimum atomic E-state index is -0.594. The molecule has 0 aliphatic heterocycles. The second-order valence-corrected chi connectivity index (χ2v) is 5.45. The zero-order valence-corrected chi connectivity index (χ0v) is 12.7. The van der Waals surface area contributed by atoms with Gasteiger partial charge < -0.3 is 5.73 Å². The van der Waals surface area contributed by atoms with E-state index >= 15 is 0 Å². The molecule has 1 atom stereocenters. The molecule has 0 fully saturated rings. The molecule has 1 rings (SSSR count). The first kappa shape index (κ1) is 16.2. The lowest BCUT2D eigenvalue weighted by Crippen LogP contribution is -2.49. The van der Waals surface area contributed by atoms with Crippen molar-refractivity contribution in [2.75, 3.05) is 4.90 Å². The van der Waals surface area contributed by atoms with E-state index in [9.17, 15) is 9.59 Å². The summed E-state index contributed by atoms with van der Waals surface area (Å²) in [5.41, 5.74) is 7.26. The fourth-order valence-corrected chi connectivity index (χ4v) is 2.28. The van der Waals surface area contributed by atoms with Crippen molar-refractivity contribution >= 4 is 17.5 Å². The van der Waals surface area contributed by atoms with E-state index in [0.29, 0.717) is 12.8 Å². The molecular formula is C16H24N2O2. The smallest absolute Gasteiger partial charge is 0.240 e. The third-order valence-corrected chi connectivity index (χ3v) is 3.28. The van der Waals surface area contributed by atoms with Gasteiger partial charge in [0.2, 0.25) is 11.8 Å². The van der Waals surface area contributed by atoms with Crippen LogP contribution in [0, 0.1) is 12.8 Å². The quantitative estimate of drug-likeness (QED) is 0.868. The van der Waals surface area contributed by atoms with E-state index < -0.39 is 11.9 Å².